The smallest absolute Gasteiger partial charge is 0.332 e. The van der Waals surface area contributed by atoms with E-state index >= 15 is 0 Å². The standard InChI is InChI=1S/C12H23N3O4/c1-14-7-3-4-9(14)8-15(2)12(19)13-6-5-10(16)11(17)18/h9-10,16H,3-8H2,1-2H3,(H,13,19)(H,17,18)/t9?,10-/m0/s1. The minimum absolute atomic E-state index is 0.0121. The van der Waals surface area contributed by atoms with Crippen LogP contribution in [0.25, 0.3) is 0 Å². The summed E-state index contributed by atoms with van der Waals surface area (Å²) in [4.78, 5) is 26.0. The molecule has 1 rings (SSSR count). The molecule has 1 saturated heterocycles. The number of likely N-dealkylation sites (N-methyl/N-ethyl adjacent to an activating group) is 2. The maximum absolute atomic E-state index is 11.8. The van der Waals surface area contributed by atoms with Crippen molar-refractivity contribution >= 4 is 12.0 Å². The average molecular weight is 273 g/mol. The number of hydrogen-bond acceptors (Lipinski definition) is 4. The topological polar surface area (TPSA) is 93.1 Å². The van der Waals surface area contributed by atoms with E-state index in [0.29, 0.717) is 12.6 Å². The third-order valence-corrected chi connectivity index (χ3v) is 3.48. The van der Waals surface area contributed by atoms with Crippen molar-refractivity contribution in [1.82, 2.24) is 15.1 Å². The third-order valence-electron chi connectivity index (χ3n) is 3.48. The molecule has 0 aromatic carbocycles. The van der Waals surface area contributed by atoms with Crippen LogP contribution in [0.3, 0.4) is 0 Å². The monoisotopic (exact) mass is 273 g/mol. The van der Waals surface area contributed by atoms with E-state index in [2.05, 4.69) is 10.2 Å². The van der Waals surface area contributed by atoms with Crippen molar-refractivity contribution in [2.24, 2.45) is 0 Å². The van der Waals surface area contributed by atoms with Crippen LogP contribution in [0.15, 0.2) is 0 Å². The SMILES string of the molecule is CN(CC1CCCN1C)C(=O)NCC[C@H](O)C(=O)O. The lowest BCUT2D eigenvalue weighted by Crippen LogP contribution is -2.44. The van der Waals surface area contributed by atoms with Crippen molar-refractivity contribution in [3.05, 3.63) is 0 Å². The van der Waals surface area contributed by atoms with Gasteiger partial charge in [-0.2, -0.15) is 0 Å². The van der Waals surface area contributed by atoms with Gasteiger partial charge in [-0.15, -0.1) is 0 Å². The normalized spacial score (nSPS) is 21.1. The molecule has 2 amide bonds. The highest BCUT2D eigenvalue weighted by Gasteiger charge is 2.23. The van der Waals surface area contributed by atoms with Crippen LogP contribution in [0, 0.1) is 0 Å². The molecule has 1 fully saturated rings. The summed E-state index contributed by atoms with van der Waals surface area (Å²) in [6.07, 6.45) is 0.831. The van der Waals surface area contributed by atoms with E-state index in [-0.39, 0.29) is 19.0 Å². The summed E-state index contributed by atoms with van der Waals surface area (Å²) in [5, 5.41) is 20.2. The Hall–Kier alpha value is -1.34. The molecule has 0 aromatic rings. The zero-order chi connectivity index (χ0) is 14.4. The lowest BCUT2D eigenvalue weighted by Gasteiger charge is -2.26. The number of aliphatic carboxylic acids is 1. The van der Waals surface area contributed by atoms with E-state index in [1.54, 1.807) is 11.9 Å². The van der Waals surface area contributed by atoms with Crippen molar-refractivity contribution in [2.75, 3.05) is 33.7 Å². The number of urea groups is 1. The van der Waals surface area contributed by atoms with Crippen molar-refractivity contribution in [3.8, 4) is 0 Å². The molecule has 110 valence electrons. The van der Waals surface area contributed by atoms with Crippen LogP contribution in [-0.2, 0) is 4.79 Å². The molecule has 0 spiro atoms. The van der Waals surface area contributed by atoms with Crippen LogP contribution in [0.1, 0.15) is 19.3 Å². The number of aliphatic hydroxyl groups is 1. The van der Waals surface area contributed by atoms with Gasteiger partial charge in [0.05, 0.1) is 0 Å². The first kappa shape index (κ1) is 15.7. The maximum atomic E-state index is 11.8. The largest absolute Gasteiger partial charge is 0.479 e. The number of rotatable bonds is 6. The minimum atomic E-state index is -1.42. The molecule has 1 aliphatic rings. The van der Waals surface area contributed by atoms with E-state index in [4.69, 9.17) is 10.2 Å². The molecule has 0 radical (unpaired) electrons. The Labute approximate surface area is 113 Å². The fraction of sp³-hybridized carbons (Fsp3) is 0.833. The molecule has 3 N–H and O–H groups in total. The van der Waals surface area contributed by atoms with Crippen molar-refractivity contribution in [2.45, 2.75) is 31.4 Å². The zero-order valence-corrected chi connectivity index (χ0v) is 11.5. The number of carbonyl (C=O) groups is 2. The average Bonchev–Trinajstić information content (AvgIpc) is 2.74. The van der Waals surface area contributed by atoms with E-state index in [1.807, 2.05) is 7.05 Å². The third kappa shape index (κ3) is 5.04. The Kier molecular flexibility index (Phi) is 6.04. The Morgan fingerprint density at radius 3 is 2.74 bits per heavy atom. The number of likely N-dealkylation sites (tertiary alicyclic amines) is 1. The lowest BCUT2D eigenvalue weighted by molar-refractivity contribution is -0.146. The van der Waals surface area contributed by atoms with Gasteiger partial charge < -0.3 is 25.3 Å². The minimum Gasteiger partial charge on any atom is -0.479 e. The maximum Gasteiger partial charge on any atom is 0.332 e. The molecule has 7 heteroatoms. The molecule has 1 heterocycles. The Morgan fingerprint density at radius 2 is 2.21 bits per heavy atom. The first-order chi connectivity index (χ1) is 8.91. The zero-order valence-electron chi connectivity index (χ0n) is 11.5. The van der Waals surface area contributed by atoms with Gasteiger partial charge in [0.1, 0.15) is 0 Å². The summed E-state index contributed by atoms with van der Waals surface area (Å²) in [7, 11) is 3.77. The van der Waals surface area contributed by atoms with Gasteiger partial charge in [0.25, 0.3) is 0 Å². The van der Waals surface area contributed by atoms with E-state index in [0.717, 1.165) is 19.4 Å². The summed E-state index contributed by atoms with van der Waals surface area (Å²) in [5.74, 6) is -1.27. The number of aliphatic hydroxyl groups excluding tert-OH is 1. The highest BCUT2D eigenvalue weighted by molar-refractivity contribution is 5.74. The van der Waals surface area contributed by atoms with Gasteiger partial charge in [0, 0.05) is 32.6 Å². The molecule has 19 heavy (non-hydrogen) atoms. The molecular formula is C12H23N3O4. The Balaban J connectivity index is 2.23. The predicted molar refractivity (Wildman–Crippen MR) is 69.9 cm³/mol. The number of carbonyl (C=O) groups excluding carboxylic acids is 1. The molecule has 0 aromatic heterocycles. The molecule has 0 saturated carbocycles. The van der Waals surface area contributed by atoms with Gasteiger partial charge in [-0.25, -0.2) is 9.59 Å². The van der Waals surface area contributed by atoms with E-state index in [1.165, 1.54) is 0 Å². The summed E-state index contributed by atoms with van der Waals surface area (Å²) in [6.45, 7) is 1.87. The quantitative estimate of drug-likeness (QED) is 0.610. The molecule has 0 bridgehead atoms. The van der Waals surface area contributed by atoms with E-state index < -0.39 is 12.1 Å². The second-order valence-electron chi connectivity index (χ2n) is 5.03. The fourth-order valence-corrected chi connectivity index (χ4v) is 2.18. The second-order valence-corrected chi connectivity index (χ2v) is 5.03. The summed E-state index contributed by atoms with van der Waals surface area (Å²) >= 11 is 0. The number of amides is 2. The van der Waals surface area contributed by atoms with Crippen LogP contribution >= 0.6 is 0 Å². The molecule has 2 atom stereocenters. The number of nitrogens with zero attached hydrogens (tertiary/aromatic N) is 2. The first-order valence-corrected chi connectivity index (χ1v) is 6.52. The number of hydrogen-bond donors (Lipinski definition) is 3. The molecule has 1 aliphatic heterocycles. The molecule has 7 nitrogen and oxygen atoms in total. The Morgan fingerprint density at radius 1 is 1.53 bits per heavy atom. The highest BCUT2D eigenvalue weighted by atomic mass is 16.4. The van der Waals surface area contributed by atoms with Gasteiger partial charge >= 0.3 is 12.0 Å². The number of carboxylic acid groups (broad SMARTS) is 1. The van der Waals surface area contributed by atoms with Crippen molar-refractivity contribution in [3.63, 3.8) is 0 Å². The molecule has 0 aliphatic carbocycles. The summed E-state index contributed by atoms with van der Waals surface area (Å²) in [6, 6.07) is 0.151. The van der Waals surface area contributed by atoms with Crippen LogP contribution in [0.2, 0.25) is 0 Å². The van der Waals surface area contributed by atoms with Crippen LogP contribution < -0.4 is 5.32 Å². The second kappa shape index (κ2) is 7.30. The van der Waals surface area contributed by atoms with Gasteiger partial charge in [-0.05, 0) is 26.4 Å². The molecule has 1 unspecified atom stereocenters. The van der Waals surface area contributed by atoms with Crippen LogP contribution in [0.4, 0.5) is 4.79 Å². The van der Waals surface area contributed by atoms with Crippen molar-refractivity contribution in [1.29, 1.82) is 0 Å². The van der Waals surface area contributed by atoms with Gasteiger partial charge in [-0.1, -0.05) is 0 Å². The predicted octanol–water partition coefficient (Wildman–Crippen LogP) is -0.442. The lowest BCUT2D eigenvalue weighted by atomic mass is 10.2. The van der Waals surface area contributed by atoms with Gasteiger partial charge in [-0.3, -0.25) is 0 Å². The summed E-state index contributed by atoms with van der Waals surface area (Å²) < 4.78 is 0. The van der Waals surface area contributed by atoms with Gasteiger partial charge in [0.15, 0.2) is 6.10 Å². The van der Waals surface area contributed by atoms with Crippen LogP contribution in [-0.4, -0.2) is 77.9 Å². The Bertz CT molecular complexity index is 324. The molecular weight excluding hydrogens is 250 g/mol. The van der Waals surface area contributed by atoms with Crippen molar-refractivity contribution < 1.29 is 19.8 Å². The number of nitrogens with one attached hydrogen (secondary N) is 1. The van der Waals surface area contributed by atoms with Crippen LogP contribution in [0.5, 0.6) is 0 Å². The fourth-order valence-electron chi connectivity index (χ4n) is 2.18. The van der Waals surface area contributed by atoms with E-state index in [9.17, 15) is 9.59 Å². The first-order valence-electron chi connectivity index (χ1n) is 6.52. The number of carboxylic acids is 1. The van der Waals surface area contributed by atoms with Gasteiger partial charge in [0.2, 0.25) is 0 Å². The summed E-state index contributed by atoms with van der Waals surface area (Å²) in [5.41, 5.74) is 0. The highest BCUT2D eigenvalue weighted by Crippen LogP contribution is 2.15.